The average Bonchev–Trinajstić information content (AvgIpc) is 2.50. The average molecular weight is 340 g/mol. The summed E-state index contributed by atoms with van der Waals surface area (Å²) in [6, 6.07) is 12.6. The molecule has 0 saturated carbocycles. The van der Waals surface area contributed by atoms with E-state index in [0.717, 1.165) is 55.1 Å². The molecule has 2 atom stereocenters. The van der Waals surface area contributed by atoms with Crippen LogP contribution in [0.1, 0.15) is 35.1 Å². The Morgan fingerprint density at radius 1 is 0.800 bits per heavy atom. The van der Waals surface area contributed by atoms with Crippen molar-refractivity contribution in [1.29, 1.82) is 0 Å². The maximum Gasteiger partial charge on any atom is 0.202 e. The molecule has 4 rings (SSSR count). The standard InChI is InChI=1S/C21H24O4/c1-14-3-5-18(24-20-7-9-22-20)16(11-14)13-17-12-15(2)4-6-19(17)25-21-8-10-23-21/h3-6,11-12,20-21H,7-10,13H2,1-2H3. The van der Waals surface area contributed by atoms with Gasteiger partial charge in [-0.3, -0.25) is 0 Å². The van der Waals surface area contributed by atoms with E-state index in [0.29, 0.717) is 0 Å². The lowest BCUT2D eigenvalue weighted by atomic mass is 9.99. The van der Waals surface area contributed by atoms with Crippen LogP contribution in [0.2, 0.25) is 0 Å². The number of aryl methyl sites for hydroxylation is 2. The van der Waals surface area contributed by atoms with Gasteiger partial charge in [-0.2, -0.15) is 0 Å². The molecule has 0 bridgehead atoms. The number of benzene rings is 2. The van der Waals surface area contributed by atoms with Crippen molar-refractivity contribution in [1.82, 2.24) is 0 Å². The molecule has 2 unspecified atom stereocenters. The Labute approximate surface area is 148 Å². The minimum atomic E-state index is -0.113. The Bertz CT molecular complexity index is 684. The summed E-state index contributed by atoms with van der Waals surface area (Å²) in [7, 11) is 0. The van der Waals surface area contributed by atoms with Gasteiger partial charge in [-0.25, -0.2) is 0 Å². The van der Waals surface area contributed by atoms with E-state index < -0.39 is 0 Å². The number of hydrogen-bond donors (Lipinski definition) is 0. The van der Waals surface area contributed by atoms with Crippen LogP contribution >= 0.6 is 0 Å². The first-order valence-corrected chi connectivity index (χ1v) is 8.93. The van der Waals surface area contributed by atoms with Gasteiger partial charge in [-0.05, 0) is 37.1 Å². The fourth-order valence-corrected chi connectivity index (χ4v) is 3.03. The molecule has 2 aliphatic heterocycles. The highest BCUT2D eigenvalue weighted by atomic mass is 16.7. The summed E-state index contributed by atoms with van der Waals surface area (Å²) in [5, 5.41) is 0. The molecule has 0 aliphatic carbocycles. The van der Waals surface area contributed by atoms with Gasteiger partial charge in [0.25, 0.3) is 0 Å². The first-order valence-electron chi connectivity index (χ1n) is 8.93. The summed E-state index contributed by atoms with van der Waals surface area (Å²) < 4.78 is 22.9. The smallest absolute Gasteiger partial charge is 0.202 e. The Morgan fingerprint density at radius 2 is 1.24 bits per heavy atom. The van der Waals surface area contributed by atoms with Crippen molar-refractivity contribution in [2.45, 2.75) is 45.7 Å². The van der Waals surface area contributed by atoms with Gasteiger partial charge in [-0.1, -0.05) is 35.4 Å². The van der Waals surface area contributed by atoms with Crippen LogP contribution in [0, 0.1) is 13.8 Å². The van der Waals surface area contributed by atoms with Crippen molar-refractivity contribution in [3.05, 3.63) is 58.7 Å². The predicted molar refractivity (Wildman–Crippen MR) is 95.1 cm³/mol. The molecular formula is C21H24O4. The first-order chi connectivity index (χ1) is 12.2. The molecular weight excluding hydrogens is 316 g/mol. The second-order valence-corrected chi connectivity index (χ2v) is 6.81. The maximum atomic E-state index is 6.00. The number of hydrogen-bond acceptors (Lipinski definition) is 4. The second-order valence-electron chi connectivity index (χ2n) is 6.81. The van der Waals surface area contributed by atoms with Gasteiger partial charge in [0.15, 0.2) is 0 Å². The summed E-state index contributed by atoms with van der Waals surface area (Å²) in [4.78, 5) is 0. The minimum Gasteiger partial charge on any atom is -0.465 e. The molecule has 4 heteroatoms. The van der Waals surface area contributed by atoms with E-state index in [-0.39, 0.29) is 12.6 Å². The molecule has 2 aliphatic rings. The van der Waals surface area contributed by atoms with Crippen molar-refractivity contribution in [3.63, 3.8) is 0 Å². The fourth-order valence-electron chi connectivity index (χ4n) is 3.03. The molecule has 0 radical (unpaired) electrons. The Kier molecular flexibility index (Phi) is 4.64. The van der Waals surface area contributed by atoms with E-state index in [1.165, 1.54) is 11.1 Å². The summed E-state index contributed by atoms with van der Waals surface area (Å²) >= 11 is 0. The van der Waals surface area contributed by atoms with Crippen molar-refractivity contribution >= 4 is 0 Å². The van der Waals surface area contributed by atoms with Gasteiger partial charge in [0.2, 0.25) is 12.6 Å². The van der Waals surface area contributed by atoms with Crippen molar-refractivity contribution in [3.8, 4) is 11.5 Å². The zero-order valence-electron chi connectivity index (χ0n) is 14.8. The van der Waals surface area contributed by atoms with E-state index in [1.54, 1.807) is 0 Å². The largest absolute Gasteiger partial charge is 0.465 e. The molecule has 2 heterocycles. The van der Waals surface area contributed by atoms with Crippen LogP contribution in [0.25, 0.3) is 0 Å². The lowest BCUT2D eigenvalue weighted by molar-refractivity contribution is -0.165. The topological polar surface area (TPSA) is 36.9 Å². The SMILES string of the molecule is Cc1ccc(OC2CCO2)c(Cc2cc(C)ccc2OC2CCO2)c1. The third kappa shape index (κ3) is 3.80. The van der Waals surface area contributed by atoms with Crippen molar-refractivity contribution < 1.29 is 18.9 Å². The predicted octanol–water partition coefficient (Wildman–Crippen LogP) is 4.14. The molecule has 2 aromatic rings. The van der Waals surface area contributed by atoms with E-state index >= 15 is 0 Å². The normalized spacial score (nSPS) is 22.0. The van der Waals surface area contributed by atoms with Crippen LogP contribution in [0.5, 0.6) is 11.5 Å². The van der Waals surface area contributed by atoms with Gasteiger partial charge < -0.3 is 18.9 Å². The van der Waals surface area contributed by atoms with Gasteiger partial charge in [-0.15, -0.1) is 0 Å². The van der Waals surface area contributed by atoms with Gasteiger partial charge in [0, 0.05) is 19.3 Å². The molecule has 0 amide bonds. The fraction of sp³-hybridized carbons (Fsp3) is 0.429. The zero-order valence-corrected chi connectivity index (χ0v) is 14.8. The van der Waals surface area contributed by atoms with Crippen molar-refractivity contribution in [2.75, 3.05) is 13.2 Å². The summed E-state index contributed by atoms with van der Waals surface area (Å²) in [5.74, 6) is 1.78. The summed E-state index contributed by atoms with van der Waals surface area (Å²) in [5.41, 5.74) is 4.74. The Morgan fingerprint density at radius 3 is 1.60 bits per heavy atom. The number of ether oxygens (including phenoxy) is 4. The van der Waals surface area contributed by atoms with Crippen LogP contribution in [-0.4, -0.2) is 25.8 Å². The third-order valence-corrected chi connectivity index (χ3v) is 4.64. The monoisotopic (exact) mass is 340 g/mol. The van der Waals surface area contributed by atoms with E-state index in [4.69, 9.17) is 18.9 Å². The molecule has 4 nitrogen and oxygen atoms in total. The molecule has 0 aromatic heterocycles. The van der Waals surface area contributed by atoms with Crippen LogP contribution < -0.4 is 9.47 Å². The lowest BCUT2D eigenvalue weighted by Gasteiger charge is -2.29. The van der Waals surface area contributed by atoms with Crippen LogP contribution in [0.15, 0.2) is 36.4 Å². The maximum absolute atomic E-state index is 6.00. The van der Waals surface area contributed by atoms with Crippen LogP contribution in [-0.2, 0) is 15.9 Å². The summed E-state index contributed by atoms with van der Waals surface area (Å²) in [6.07, 6.45) is 2.43. The molecule has 0 spiro atoms. The second kappa shape index (κ2) is 7.06. The van der Waals surface area contributed by atoms with Gasteiger partial charge >= 0.3 is 0 Å². The highest BCUT2D eigenvalue weighted by molar-refractivity contribution is 5.45. The van der Waals surface area contributed by atoms with Crippen molar-refractivity contribution in [2.24, 2.45) is 0 Å². The highest BCUT2D eigenvalue weighted by Gasteiger charge is 2.23. The van der Waals surface area contributed by atoms with E-state index in [9.17, 15) is 0 Å². The Balaban J connectivity index is 1.60. The lowest BCUT2D eigenvalue weighted by Crippen LogP contribution is -2.32. The first kappa shape index (κ1) is 16.4. The third-order valence-electron chi connectivity index (χ3n) is 4.64. The van der Waals surface area contributed by atoms with Gasteiger partial charge in [0.05, 0.1) is 13.2 Å². The number of rotatable bonds is 6. The molecule has 2 aromatic carbocycles. The molecule has 25 heavy (non-hydrogen) atoms. The molecule has 2 fully saturated rings. The quantitative estimate of drug-likeness (QED) is 0.792. The zero-order chi connectivity index (χ0) is 17.2. The van der Waals surface area contributed by atoms with Gasteiger partial charge in [0.1, 0.15) is 11.5 Å². The molecule has 2 saturated heterocycles. The van der Waals surface area contributed by atoms with Crippen LogP contribution in [0.4, 0.5) is 0 Å². The minimum absolute atomic E-state index is 0.113. The molecule has 0 N–H and O–H groups in total. The van der Waals surface area contributed by atoms with E-state index in [1.807, 2.05) is 12.1 Å². The van der Waals surface area contributed by atoms with Crippen LogP contribution in [0.3, 0.4) is 0 Å². The highest BCUT2D eigenvalue weighted by Crippen LogP contribution is 2.31. The summed E-state index contributed by atoms with van der Waals surface area (Å²) in [6.45, 7) is 5.76. The Hall–Kier alpha value is -2.04. The molecule has 132 valence electrons. The van der Waals surface area contributed by atoms with E-state index in [2.05, 4.69) is 38.1 Å².